The molecule has 178 valence electrons. The first kappa shape index (κ1) is 22.7. The van der Waals surface area contributed by atoms with E-state index in [2.05, 4.69) is 13.7 Å². The summed E-state index contributed by atoms with van der Waals surface area (Å²) in [5.74, 6) is 1.12. The van der Waals surface area contributed by atoms with Crippen LogP contribution in [0.1, 0.15) is 17.5 Å². The van der Waals surface area contributed by atoms with Gasteiger partial charge in [0.15, 0.2) is 11.5 Å². The Hall–Kier alpha value is -3.06. The van der Waals surface area contributed by atoms with E-state index in [0.29, 0.717) is 52.2 Å². The molecule has 5 rings (SSSR count). The zero-order valence-electron chi connectivity index (χ0n) is 18.3. The van der Waals surface area contributed by atoms with Gasteiger partial charge < -0.3 is 19.6 Å². The Labute approximate surface area is 199 Å². The minimum atomic E-state index is -4.05. The molecule has 2 aromatic heterocycles. The van der Waals surface area contributed by atoms with Crippen LogP contribution in [0.4, 0.5) is 0 Å². The molecule has 2 aromatic carbocycles. The first-order valence-electron chi connectivity index (χ1n) is 10.7. The number of pyridine rings is 1. The number of hydrogen-bond acceptors (Lipinski definition) is 9. The monoisotopic (exact) mass is 502 g/mol. The third kappa shape index (κ3) is 4.02. The van der Waals surface area contributed by atoms with Gasteiger partial charge in [-0.2, -0.15) is 13.1 Å². The van der Waals surface area contributed by atoms with Crippen LogP contribution < -0.4 is 15.0 Å². The minimum Gasteiger partial charge on any atom is -0.486 e. The van der Waals surface area contributed by atoms with Crippen LogP contribution in [0.3, 0.4) is 0 Å². The summed E-state index contributed by atoms with van der Waals surface area (Å²) in [6.45, 7) is 2.23. The lowest BCUT2D eigenvalue weighted by Gasteiger charge is -2.23. The highest BCUT2D eigenvalue weighted by Gasteiger charge is 2.30. The van der Waals surface area contributed by atoms with Crippen molar-refractivity contribution in [2.24, 2.45) is 0 Å². The highest BCUT2D eigenvalue weighted by molar-refractivity contribution is 7.89. The number of aryl methyl sites for hydroxylation is 1. The maximum absolute atomic E-state index is 13.8. The Morgan fingerprint density at radius 3 is 2.68 bits per heavy atom. The Morgan fingerprint density at radius 1 is 1.15 bits per heavy atom. The van der Waals surface area contributed by atoms with Crippen LogP contribution in [0.5, 0.6) is 11.5 Å². The predicted molar refractivity (Wildman–Crippen MR) is 127 cm³/mol. The summed E-state index contributed by atoms with van der Waals surface area (Å²) in [5.41, 5.74) is 1.76. The van der Waals surface area contributed by atoms with Gasteiger partial charge >= 0.3 is 0 Å². The second-order valence-electron chi connectivity index (χ2n) is 7.97. The van der Waals surface area contributed by atoms with Crippen molar-refractivity contribution in [2.75, 3.05) is 26.4 Å². The Bertz CT molecular complexity index is 1550. The number of aromatic amines is 1. The van der Waals surface area contributed by atoms with Gasteiger partial charge in [-0.15, -0.1) is 0 Å². The summed E-state index contributed by atoms with van der Waals surface area (Å²) in [4.78, 5) is 15.8. The maximum atomic E-state index is 13.8. The molecule has 2 N–H and O–H groups in total. The topological polar surface area (TPSA) is 135 Å². The van der Waals surface area contributed by atoms with E-state index in [1.807, 2.05) is 0 Å². The van der Waals surface area contributed by atoms with Crippen LogP contribution >= 0.6 is 11.7 Å². The van der Waals surface area contributed by atoms with E-state index in [4.69, 9.17) is 9.47 Å². The van der Waals surface area contributed by atoms with Gasteiger partial charge in [0.1, 0.15) is 29.1 Å². The number of ether oxygens (including phenoxy) is 2. The van der Waals surface area contributed by atoms with Crippen LogP contribution in [-0.2, 0) is 16.6 Å². The Balaban J connectivity index is 1.58. The predicted octanol–water partition coefficient (Wildman–Crippen LogP) is 2.19. The molecule has 0 radical (unpaired) electrons. The van der Waals surface area contributed by atoms with Crippen molar-refractivity contribution in [1.29, 1.82) is 0 Å². The highest BCUT2D eigenvalue weighted by Crippen LogP contribution is 2.34. The number of H-pyrrole nitrogens is 1. The summed E-state index contributed by atoms with van der Waals surface area (Å²) in [7, 11) is -4.05. The number of sulfonamides is 1. The van der Waals surface area contributed by atoms with Gasteiger partial charge in [-0.05, 0) is 37.1 Å². The van der Waals surface area contributed by atoms with E-state index in [-0.39, 0.29) is 36.6 Å². The molecule has 1 aliphatic heterocycles. The molecule has 0 fully saturated rings. The lowest BCUT2D eigenvalue weighted by Crippen LogP contribution is -2.34. The SMILES string of the molecule is Cc1ccc2nsnc2c1S(=O)(=O)N(CCCO)Cc1cc2cc3c(cc2[nH]c1=O)OCCO3. The van der Waals surface area contributed by atoms with E-state index in [1.54, 1.807) is 37.3 Å². The average molecular weight is 503 g/mol. The third-order valence-corrected chi connectivity index (χ3v) is 8.24. The van der Waals surface area contributed by atoms with E-state index < -0.39 is 15.6 Å². The number of fused-ring (bicyclic) bond motifs is 3. The molecular weight excluding hydrogens is 480 g/mol. The van der Waals surface area contributed by atoms with Crippen molar-refractivity contribution < 1.29 is 23.0 Å². The summed E-state index contributed by atoms with van der Waals surface area (Å²) in [6.07, 6.45) is 0.216. The van der Waals surface area contributed by atoms with Crippen LogP contribution in [0, 0.1) is 6.92 Å². The van der Waals surface area contributed by atoms with Crippen LogP contribution in [0.15, 0.2) is 40.0 Å². The molecule has 0 amide bonds. The lowest BCUT2D eigenvalue weighted by atomic mass is 10.1. The fraction of sp³-hybridized carbons (Fsp3) is 0.318. The second-order valence-corrected chi connectivity index (χ2v) is 10.4. The average Bonchev–Trinajstić information content (AvgIpc) is 3.28. The molecule has 0 bridgehead atoms. The molecule has 10 nitrogen and oxygen atoms in total. The number of aliphatic hydroxyl groups excluding tert-OH is 1. The van der Waals surface area contributed by atoms with Crippen LogP contribution in [0.25, 0.3) is 21.9 Å². The summed E-state index contributed by atoms with van der Waals surface area (Å²) in [6, 6.07) is 8.54. The molecule has 4 aromatic rings. The molecule has 12 heteroatoms. The van der Waals surface area contributed by atoms with Gasteiger partial charge in [0.2, 0.25) is 10.0 Å². The normalized spacial score (nSPS) is 13.7. The molecular formula is C22H22N4O6S2. The van der Waals surface area contributed by atoms with Crippen molar-refractivity contribution >= 4 is 43.7 Å². The number of hydrogen-bond donors (Lipinski definition) is 2. The first-order chi connectivity index (χ1) is 16.4. The minimum absolute atomic E-state index is 0.0326. The van der Waals surface area contributed by atoms with Crippen LogP contribution in [-0.4, -0.2) is 57.9 Å². The van der Waals surface area contributed by atoms with Gasteiger partial charge in [-0.3, -0.25) is 4.79 Å². The molecule has 0 atom stereocenters. The summed E-state index contributed by atoms with van der Waals surface area (Å²) >= 11 is 0.940. The fourth-order valence-corrected chi connectivity index (χ4v) is 6.42. The third-order valence-electron chi connectivity index (χ3n) is 5.67. The summed E-state index contributed by atoms with van der Waals surface area (Å²) in [5, 5.41) is 10.1. The number of nitrogens with zero attached hydrogens (tertiary/aromatic N) is 3. The van der Waals surface area contributed by atoms with Gasteiger partial charge in [0.25, 0.3) is 5.56 Å². The number of aromatic nitrogens is 3. The lowest BCUT2D eigenvalue weighted by molar-refractivity contribution is 0.172. The molecule has 1 aliphatic rings. The fourth-order valence-electron chi connectivity index (χ4n) is 4.01. The van der Waals surface area contributed by atoms with Crippen molar-refractivity contribution in [3.8, 4) is 11.5 Å². The summed E-state index contributed by atoms with van der Waals surface area (Å²) < 4.78 is 48.3. The van der Waals surface area contributed by atoms with Gasteiger partial charge in [0.05, 0.1) is 17.2 Å². The van der Waals surface area contributed by atoms with Crippen molar-refractivity contribution in [3.63, 3.8) is 0 Å². The van der Waals surface area contributed by atoms with Crippen molar-refractivity contribution in [3.05, 3.63) is 51.8 Å². The molecule has 34 heavy (non-hydrogen) atoms. The zero-order valence-corrected chi connectivity index (χ0v) is 19.9. The van der Waals surface area contributed by atoms with E-state index in [0.717, 1.165) is 11.7 Å². The quantitative estimate of drug-likeness (QED) is 0.393. The molecule has 0 saturated heterocycles. The van der Waals surface area contributed by atoms with Gasteiger partial charge in [-0.25, -0.2) is 8.42 Å². The first-order valence-corrected chi connectivity index (χ1v) is 12.8. The maximum Gasteiger partial charge on any atom is 0.252 e. The standard InChI is InChI=1S/C22H22N4O6S2/c1-13-3-4-16-20(25-33-24-16)21(13)34(29,30)26(5-2-6-27)12-15-9-14-10-18-19(32-8-7-31-18)11-17(14)23-22(15)28/h3-4,9-11,27H,2,5-8,12H2,1H3,(H,23,28). The molecule has 0 saturated carbocycles. The molecule has 0 unspecified atom stereocenters. The molecule has 3 heterocycles. The number of benzene rings is 2. The number of nitrogens with one attached hydrogen (secondary N) is 1. The van der Waals surface area contributed by atoms with E-state index in [9.17, 15) is 18.3 Å². The largest absolute Gasteiger partial charge is 0.486 e. The molecule has 0 aliphatic carbocycles. The Morgan fingerprint density at radius 2 is 1.91 bits per heavy atom. The van der Waals surface area contributed by atoms with Crippen molar-refractivity contribution in [2.45, 2.75) is 24.8 Å². The van der Waals surface area contributed by atoms with E-state index >= 15 is 0 Å². The smallest absolute Gasteiger partial charge is 0.252 e. The zero-order chi connectivity index (χ0) is 23.9. The van der Waals surface area contributed by atoms with E-state index in [1.165, 1.54) is 4.31 Å². The van der Waals surface area contributed by atoms with Gasteiger partial charge in [-0.1, -0.05) is 6.07 Å². The highest BCUT2D eigenvalue weighted by atomic mass is 32.2. The van der Waals surface area contributed by atoms with Crippen molar-refractivity contribution in [1.82, 2.24) is 18.0 Å². The Kier molecular flexibility index (Phi) is 5.98. The van der Waals surface area contributed by atoms with Gasteiger partial charge in [0, 0.05) is 36.7 Å². The number of aliphatic hydroxyl groups is 1. The van der Waals surface area contributed by atoms with Crippen LogP contribution in [0.2, 0.25) is 0 Å². The number of rotatable bonds is 7. The molecule has 0 spiro atoms. The second kappa shape index (κ2) is 8.95.